The number of carboxylic acids is 1. The van der Waals surface area contributed by atoms with Gasteiger partial charge in [0.1, 0.15) is 15.9 Å². The molecule has 0 radical (unpaired) electrons. The summed E-state index contributed by atoms with van der Waals surface area (Å²) in [5.74, 6) is -1.26. The Labute approximate surface area is 132 Å². The number of nitrogens with one attached hydrogen (secondary N) is 1. The van der Waals surface area contributed by atoms with Crippen LogP contribution < -0.4 is 5.32 Å². The number of thiazole rings is 1. The molecule has 6 nitrogen and oxygen atoms in total. The number of aliphatic carboxylic acids is 1. The Morgan fingerprint density at radius 1 is 1.32 bits per heavy atom. The molecule has 0 saturated heterocycles. The van der Waals surface area contributed by atoms with Gasteiger partial charge in [-0.25, -0.2) is 9.78 Å². The van der Waals surface area contributed by atoms with Crippen molar-refractivity contribution in [1.29, 1.82) is 0 Å². The number of nitrogens with zero attached hydrogens (tertiary/aromatic N) is 2. The molecule has 0 saturated carbocycles. The summed E-state index contributed by atoms with van der Waals surface area (Å²) in [6.45, 7) is 3.83. The fraction of sp³-hybridized carbons (Fsp3) is 0.333. The Morgan fingerprint density at radius 2 is 2.00 bits per heavy atom. The summed E-state index contributed by atoms with van der Waals surface area (Å²) < 4.78 is 0. The van der Waals surface area contributed by atoms with Crippen molar-refractivity contribution in [2.75, 3.05) is 0 Å². The minimum Gasteiger partial charge on any atom is -0.480 e. The third-order valence-corrected chi connectivity index (χ3v) is 4.01. The van der Waals surface area contributed by atoms with Gasteiger partial charge in [-0.05, 0) is 24.5 Å². The monoisotopic (exact) mass is 319 g/mol. The number of carboxylic acid groups (broad SMARTS) is 1. The summed E-state index contributed by atoms with van der Waals surface area (Å²) in [5.41, 5.74) is 0.871. The topological polar surface area (TPSA) is 92.2 Å². The predicted octanol–water partition coefficient (Wildman–Crippen LogP) is 2.43. The third-order valence-electron chi connectivity index (χ3n) is 2.97. The molecular formula is C15H17N3O3S. The average molecular weight is 319 g/mol. The number of carbonyl (C=O) groups is 2. The van der Waals surface area contributed by atoms with Crippen molar-refractivity contribution in [2.45, 2.75) is 26.3 Å². The van der Waals surface area contributed by atoms with Crippen LogP contribution in [0.15, 0.2) is 30.7 Å². The molecule has 1 atom stereocenters. The maximum atomic E-state index is 12.2. The van der Waals surface area contributed by atoms with Gasteiger partial charge in [0, 0.05) is 18.0 Å². The van der Waals surface area contributed by atoms with Crippen LogP contribution in [-0.2, 0) is 4.79 Å². The largest absolute Gasteiger partial charge is 0.480 e. The molecule has 2 aromatic heterocycles. The smallest absolute Gasteiger partial charge is 0.326 e. The molecule has 0 bridgehead atoms. The van der Waals surface area contributed by atoms with Crippen molar-refractivity contribution in [2.24, 2.45) is 5.92 Å². The van der Waals surface area contributed by atoms with Crippen molar-refractivity contribution in [3.63, 3.8) is 0 Å². The Bertz CT molecular complexity index is 655. The van der Waals surface area contributed by atoms with E-state index in [9.17, 15) is 9.59 Å². The number of hydrogen-bond donors (Lipinski definition) is 2. The molecular weight excluding hydrogens is 302 g/mol. The minimum atomic E-state index is -1.03. The molecule has 0 spiro atoms. The van der Waals surface area contributed by atoms with Gasteiger partial charge in [-0.3, -0.25) is 9.78 Å². The molecule has 0 fully saturated rings. The number of aromatic nitrogens is 2. The second-order valence-corrected chi connectivity index (χ2v) is 6.29. The number of carbonyl (C=O) groups excluding carboxylic acids is 1. The zero-order valence-corrected chi connectivity index (χ0v) is 13.1. The van der Waals surface area contributed by atoms with Crippen LogP contribution in [0.3, 0.4) is 0 Å². The predicted molar refractivity (Wildman–Crippen MR) is 83.7 cm³/mol. The van der Waals surface area contributed by atoms with Gasteiger partial charge in [0.15, 0.2) is 0 Å². The van der Waals surface area contributed by atoms with Crippen LogP contribution in [-0.4, -0.2) is 33.0 Å². The van der Waals surface area contributed by atoms with Gasteiger partial charge >= 0.3 is 5.97 Å². The molecule has 0 aliphatic heterocycles. The Hall–Kier alpha value is -2.28. The summed E-state index contributed by atoms with van der Waals surface area (Å²) in [5, 5.41) is 12.4. The van der Waals surface area contributed by atoms with Gasteiger partial charge in [0.05, 0.1) is 6.20 Å². The minimum absolute atomic E-state index is 0.176. The molecule has 1 amide bonds. The first kappa shape index (κ1) is 16.1. The zero-order valence-electron chi connectivity index (χ0n) is 12.3. The van der Waals surface area contributed by atoms with E-state index in [-0.39, 0.29) is 5.92 Å². The van der Waals surface area contributed by atoms with Crippen LogP contribution in [0.2, 0.25) is 0 Å². The Kier molecular flexibility index (Phi) is 5.21. The highest BCUT2D eigenvalue weighted by atomic mass is 32.1. The van der Waals surface area contributed by atoms with Crippen molar-refractivity contribution in [1.82, 2.24) is 15.3 Å². The summed E-state index contributed by atoms with van der Waals surface area (Å²) in [6.07, 6.45) is 5.15. The van der Waals surface area contributed by atoms with Crippen molar-refractivity contribution >= 4 is 23.2 Å². The van der Waals surface area contributed by atoms with Crippen molar-refractivity contribution in [3.05, 3.63) is 35.6 Å². The Balaban J connectivity index is 2.10. The van der Waals surface area contributed by atoms with Crippen molar-refractivity contribution < 1.29 is 14.7 Å². The third kappa shape index (κ3) is 4.11. The first-order valence-corrected chi connectivity index (χ1v) is 7.69. The van der Waals surface area contributed by atoms with E-state index in [2.05, 4.69) is 15.3 Å². The fourth-order valence-corrected chi connectivity index (χ4v) is 2.75. The van der Waals surface area contributed by atoms with Gasteiger partial charge in [0.25, 0.3) is 5.91 Å². The summed E-state index contributed by atoms with van der Waals surface area (Å²) >= 11 is 1.22. The standard InChI is InChI=1S/C15H17N3O3S/c1-9(2)7-11(15(20)21)18-13(19)12-8-17-14(22-12)10-3-5-16-6-4-10/h3-6,8-9,11H,7H2,1-2H3,(H,18,19)(H,20,21)/t11-/m1/s1. The molecule has 0 aliphatic carbocycles. The summed E-state index contributed by atoms with van der Waals surface area (Å²) in [7, 11) is 0. The lowest BCUT2D eigenvalue weighted by atomic mass is 10.0. The van der Waals surface area contributed by atoms with Crippen LogP contribution in [0.25, 0.3) is 10.6 Å². The van der Waals surface area contributed by atoms with E-state index in [1.54, 1.807) is 24.5 Å². The second kappa shape index (κ2) is 7.13. The van der Waals surface area contributed by atoms with Gasteiger partial charge in [-0.15, -0.1) is 11.3 Å². The molecule has 0 aliphatic rings. The molecule has 2 rings (SSSR count). The number of rotatable bonds is 6. The van der Waals surface area contributed by atoms with E-state index >= 15 is 0 Å². The maximum absolute atomic E-state index is 12.2. The van der Waals surface area contributed by atoms with E-state index in [0.717, 1.165) is 5.56 Å². The second-order valence-electron chi connectivity index (χ2n) is 5.26. The molecule has 2 N–H and O–H groups in total. The number of amides is 1. The van der Waals surface area contributed by atoms with Gasteiger partial charge in [0.2, 0.25) is 0 Å². The molecule has 116 valence electrons. The highest BCUT2D eigenvalue weighted by molar-refractivity contribution is 7.16. The van der Waals surface area contributed by atoms with E-state index in [0.29, 0.717) is 16.3 Å². The highest BCUT2D eigenvalue weighted by Gasteiger charge is 2.22. The summed E-state index contributed by atoms with van der Waals surface area (Å²) in [4.78, 5) is 31.9. The highest BCUT2D eigenvalue weighted by Crippen LogP contribution is 2.24. The SMILES string of the molecule is CC(C)C[C@@H](NC(=O)c1cnc(-c2ccncc2)s1)C(=O)O. The van der Waals surface area contributed by atoms with E-state index < -0.39 is 17.9 Å². The van der Waals surface area contributed by atoms with Gasteiger partial charge in [-0.1, -0.05) is 13.8 Å². The number of hydrogen-bond acceptors (Lipinski definition) is 5. The molecule has 2 aromatic rings. The molecule has 0 aromatic carbocycles. The molecule has 7 heteroatoms. The van der Waals surface area contributed by atoms with Crippen LogP contribution in [0, 0.1) is 5.92 Å². The number of pyridine rings is 1. The summed E-state index contributed by atoms with van der Waals surface area (Å²) in [6, 6.07) is 2.72. The van der Waals surface area contributed by atoms with E-state index in [1.807, 2.05) is 13.8 Å². The Morgan fingerprint density at radius 3 is 2.59 bits per heavy atom. The fourth-order valence-electron chi connectivity index (χ4n) is 1.93. The van der Waals surface area contributed by atoms with Gasteiger partial charge in [-0.2, -0.15) is 0 Å². The van der Waals surface area contributed by atoms with Gasteiger partial charge < -0.3 is 10.4 Å². The van der Waals surface area contributed by atoms with E-state index in [1.165, 1.54) is 17.5 Å². The normalized spacial score (nSPS) is 12.1. The zero-order chi connectivity index (χ0) is 16.1. The van der Waals surface area contributed by atoms with Crippen LogP contribution >= 0.6 is 11.3 Å². The average Bonchev–Trinajstić information content (AvgIpc) is 2.96. The first-order chi connectivity index (χ1) is 10.5. The lowest BCUT2D eigenvalue weighted by Gasteiger charge is -2.15. The first-order valence-electron chi connectivity index (χ1n) is 6.87. The van der Waals surface area contributed by atoms with Crippen LogP contribution in [0.5, 0.6) is 0 Å². The molecule has 22 heavy (non-hydrogen) atoms. The van der Waals surface area contributed by atoms with E-state index in [4.69, 9.17) is 5.11 Å². The van der Waals surface area contributed by atoms with Crippen LogP contribution in [0.4, 0.5) is 0 Å². The van der Waals surface area contributed by atoms with Crippen LogP contribution in [0.1, 0.15) is 29.9 Å². The maximum Gasteiger partial charge on any atom is 0.326 e. The lowest BCUT2D eigenvalue weighted by Crippen LogP contribution is -2.41. The van der Waals surface area contributed by atoms with Crippen molar-refractivity contribution in [3.8, 4) is 10.6 Å². The quantitative estimate of drug-likeness (QED) is 0.853. The molecule has 2 heterocycles. The lowest BCUT2D eigenvalue weighted by molar-refractivity contribution is -0.139. The molecule has 0 unspecified atom stereocenters.